The second-order valence-electron chi connectivity index (χ2n) is 16.1. The summed E-state index contributed by atoms with van der Waals surface area (Å²) in [6, 6.07) is 71.6. The van der Waals surface area contributed by atoms with Crippen LogP contribution < -0.4 is 0 Å². The molecule has 0 saturated heterocycles. The molecule has 3 heterocycles. The molecule has 0 spiro atoms. The molecule has 9 aromatic carbocycles. The zero-order valence-corrected chi connectivity index (χ0v) is 33.0. The van der Waals surface area contributed by atoms with E-state index < -0.39 is 0 Å². The van der Waals surface area contributed by atoms with Crippen LogP contribution in [0.15, 0.2) is 205 Å². The number of hydrogen-bond donors (Lipinski definition) is 0. The SMILES string of the molecule is c1ccc(-n2c3ccccc3c3cc(-c4ccc5c(c4)-c4c(cccc4-c4nc(-c6ccc(-c7cccc8c7oc7ccccc78)cc6)c6ccccc6n4)C5)ccc32)cc1. The normalized spacial score (nSPS) is 12.2. The Morgan fingerprint density at radius 2 is 1.08 bits per heavy atom. The first-order valence-corrected chi connectivity index (χ1v) is 20.9. The minimum Gasteiger partial charge on any atom is -0.455 e. The highest BCUT2D eigenvalue weighted by Gasteiger charge is 2.25. The van der Waals surface area contributed by atoms with Crippen LogP contribution in [0.2, 0.25) is 0 Å². The summed E-state index contributed by atoms with van der Waals surface area (Å²) in [5.74, 6) is 0.732. The van der Waals surface area contributed by atoms with Crippen molar-refractivity contribution < 1.29 is 4.42 Å². The van der Waals surface area contributed by atoms with E-state index in [0.29, 0.717) is 0 Å². The molecule has 4 nitrogen and oxygen atoms in total. The van der Waals surface area contributed by atoms with E-state index in [9.17, 15) is 0 Å². The Morgan fingerprint density at radius 3 is 1.98 bits per heavy atom. The molecule has 0 aliphatic heterocycles. The number of rotatable bonds is 5. The third-order valence-electron chi connectivity index (χ3n) is 12.6. The fourth-order valence-electron chi connectivity index (χ4n) is 9.81. The Morgan fingerprint density at radius 1 is 0.410 bits per heavy atom. The van der Waals surface area contributed by atoms with Gasteiger partial charge in [0.1, 0.15) is 11.2 Å². The number of hydrogen-bond acceptors (Lipinski definition) is 3. The van der Waals surface area contributed by atoms with Gasteiger partial charge >= 0.3 is 0 Å². The van der Waals surface area contributed by atoms with E-state index in [1.165, 1.54) is 55.2 Å². The molecule has 0 fully saturated rings. The molecule has 284 valence electrons. The quantitative estimate of drug-likeness (QED) is 0.175. The van der Waals surface area contributed by atoms with E-state index in [0.717, 1.165) is 78.7 Å². The van der Waals surface area contributed by atoms with Gasteiger partial charge in [-0.25, -0.2) is 9.97 Å². The molecule has 4 heteroatoms. The Bertz CT molecular complexity index is 3730. The molecule has 0 atom stereocenters. The number of aromatic nitrogens is 3. The van der Waals surface area contributed by atoms with Gasteiger partial charge in [-0.05, 0) is 93.9 Å². The zero-order valence-electron chi connectivity index (χ0n) is 33.0. The monoisotopic (exact) mass is 777 g/mol. The summed E-state index contributed by atoms with van der Waals surface area (Å²) in [6.45, 7) is 0. The third kappa shape index (κ3) is 5.25. The molecule has 0 bridgehead atoms. The summed E-state index contributed by atoms with van der Waals surface area (Å²) in [5.41, 5.74) is 19.0. The van der Waals surface area contributed by atoms with Crippen molar-refractivity contribution in [2.45, 2.75) is 6.42 Å². The fourth-order valence-corrected chi connectivity index (χ4v) is 9.81. The van der Waals surface area contributed by atoms with Crippen LogP contribution in [-0.4, -0.2) is 14.5 Å². The van der Waals surface area contributed by atoms with Gasteiger partial charge in [0.05, 0.1) is 22.2 Å². The molecule has 0 amide bonds. The molecule has 61 heavy (non-hydrogen) atoms. The molecule has 0 unspecified atom stereocenters. The van der Waals surface area contributed by atoms with Crippen LogP contribution in [0.3, 0.4) is 0 Å². The van der Waals surface area contributed by atoms with Crippen molar-refractivity contribution in [2.75, 3.05) is 0 Å². The Labute approximate surface area is 351 Å². The van der Waals surface area contributed by atoms with E-state index in [1.807, 2.05) is 12.1 Å². The standard InChI is InChI=1S/C57H35N3O/c1-2-13-41(14-3-1)60-51-22-8-5-15-43(51)49-34-38(30-31-52(49)60)37-28-29-39-32-40-12-10-20-47(54(40)48(39)33-37)57-58-50-21-7-4-17-46(50)55(59-57)36-26-24-35(25-27-36)42-18-11-19-45-44-16-6-9-23-53(44)61-56(42)45/h1-31,33-34H,32H2. The minimum atomic E-state index is 0.732. The largest absolute Gasteiger partial charge is 0.455 e. The van der Waals surface area contributed by atoms with Crippen LogP contribution in [0.1, 0.15) is 11.1 Å². The number of para-hydroxylation sites is 5. The Balaban J connectivity index is 0.914. The highest BCUT2D eigenvalue weighted by Crippen LogP contribution is 2.45. The first-order valence-electron chi connectivity index (χ1n) is 20.9. The topological polar surface area (TPSA) is 43.9 Å². The summed E-state index contributed by atoms with van der Waals surface area (Å²) < 4.78 is 8.77. The van der Waals surface area contributed by atoms with E-state index in [1.54, 1.807) is 0 Å². The van der Waals surface area contributed by atoms with Gasteiger partial charge in [-0.1, -0.05) is 152 Å². The highest BCUT2D eigenvalue weighted by atomic mass is 16.3. The molecule has 0 radical (unpaired) electrons. The van der Waals surface area contributed by atoms with Crippen molar-refractivity contribution in [2.24, 2.45) is 0 Å². The Kier molecular flexibility index (Phi) is 7.33. The van der Waals surface area contributed by atoms with Crippen molar-refractivity contribution in [3.63, 3.8) is 0 Å². The molecule has 3 aromatic heterocycles. The molecule has 0 saturated carbocycles. The summed E-state index contributed by atoms with van der Waals surface area (Å²) >= 11 is 0. The molecular formula is C57H35N3O. The van der Waals surface area contributed by atoms with Gasteiger partial charge in [-0.15, -0.1) is 0 Å². The van der Waals surface area contributed by atoms with Gasteiger partial charge in [-0.2, -0.15) is 0 Å². The molecule has 12 aromatic rings. The lowest BCUT2D eigenvalue weighted by atomic mass is 9.94. The maximum Gasteiger partial charge on any atom is 0.161 e. The van der Waals surface area contributed by atoms with Gasteiger partial charge in [0, 0.05) is 49.3 Å². The smallest absolute Gasteiger partial charge is 0.161 e. The van der Waals surface area contributed by atoms with Crippen molar-refractivity contribution >= 4 is 54.6 Å². The average Bonchev–Trinajstić information content (AvgIpc) is 4.01. The van der Waals surface area contributed by atoms with Gasteiger partial charge in [-0.3, -0.25) is 0 Å². The predicted molar refractivity (Wildman–Crippen MR) is 251 cm³/mol. The number of benzene rings is 9. The van der Waals surface area contributed by atoms with Gasteiger partial charge in [0.25, 0.3) is 0 Å². The summed E-state index contributed by atoms with van der Waals surface area (Å²) in [6.07, 6.45) is 0.877. The van der Waals surface area contributed by atoms with Crippen molar-refractivity contribution in [1.29, 1.82) is 0 Å². The van der Waals surface area contributed by atoms with Crippen molar-refractivity contribution in [3.05, 3.63) is 211 Å². The maximum atomic E-state index is 6.40. The highest BCUT2D eigenvalue weighted by molar-refractivity contribution is 6.11. The summed E-state index contributed by atoms with van der Waals surface area (Å²) in [4.78, 5) is 10.7. The maximum absolute atomic E-state index is 6.40. The van der Waals surface area contributed by atoms with Gasteiger partial charge < -0.3 is 8.98 Å². The lowest BCUT2D eigenvalue weighted by Gasteiger charge is -2.14. The number of furan rings is 1. The first-order chi connectivity index (χ1) is 30.2. The van der Waals surface area contributed by atoms with Crippen molar-refractivity contribution in [1.82, 2.24) is 14.5 Å². The summed E-state index contributed by atoms with van der Waals surface area (Å²) in [7, 11) is 0. The lowest BCUT2D eigenvalue weighted by molar-refractivity contribution is 0.670. The van der Waals surface area contributed by atoms with Crippen LogP contribution in [0, 0.1) is 0 Å². The van der Waals surface area contributed by atoms with Gasteiger partial charge in [0.2, 0.25) is 0 Å². The van der Waals surface area contributed by atoms with Crippen LogP contribution in [0.4, 0.5) is 0 Å². The second kappa shape index (κ2) is 13.2. The van der Waals surface area contributed by atoms with E-state index in [-0.39, 0.29) is 0 Å². The van der Waals surface area contributed by atoms with E-state index in [2.05, 4.69) is 193 Å². The van der Waals surface area contributed by atoms with Crippen molar-refractivity contribution in [3.8, 4) is 61.7 Å². The molecule has 1 aliphatic carbocycles. The fraction of sp³-hybridized carbons (Fsp3) is 0.0175. The van der Waals surface area contributed by atoms with Gasteiger partial charge in [0.15, 0.2) is 5.82 Å². The zero-order chi connectivity index (χ0) is 40.0. The summed E-state index contributed by atoms with van der Waals surface area (Å²) in [5, 5.41) is 5.78. The molecule has 13 rings (SSSR count). The molecular weight excluding hydrogens is 743 g/mol. The number of nitrogens with zero attached hydrogens (tertiary/aromatic N) is 3. The molecule has 1 aliphatic rings. The number of fused-ring (bicyclic) bond motifs is 10. The second-order valence-corrected chi connectivity index (χ2v) is 16.1. The van der Waals surface area contributed by atoms with Crippen LogP contribution >= 0.6 is 0 Å². The van der Waals surface area contributed by atoms with Crippen LogP contribution in [0.5, 0.6) is 0 Å². The minimum absolute atomic E-state index is 0.732. The Hall–Kier alpha value is -8.08. The third-order valence-corrected chi connectivity index (χ3v) is 12.6. The lowest BCUT2D eigenvalue weighted by Crippen LogP contribution is -1.97. The molecule has 0 N–H and O–H groups in total. The van der Waals surface area contributed by atoms with E-state index in [4.69, 9.17) is 14.4 Å². The average molecular weight is 778 g/mol. The van der Waals surface area contributed by atoms with Crippen LogP contribution in [-0.2, 0) is 6.42 Å². The predicted octanol–water partition coefficient (Wildman–Crippen LogP) is 14.9. The van der Waals surface area contributed by atoms with Crippen LogP contribution in [0.25, 0.3) is 116 Å². The van der Waals surface area contributed by atoms with E-state index >= 15 is 0 Å². The first kappa shape index (κ1) is 33.8.